The van der Waals surface area contributed by atoms with E-state index in [1.165, 1.54) is 12.1 Å². The van der Waals surface area contributed by atoms with Crippen LogP contribution in [0.2, 0.25) is 0 Å². The van der Waals surface area contributed by atoms with Crippen LogP contribution in [0, 0.1) is 11.2 Å². The van der Waals surface area contributed by atoms with Crippen molar-refractivity contribution in [2.45, 2.75) is 24.7 Å². The summed E-state index contributed by atoms with van der Waals surface area (Å²) in [5.74, 6) is -1.76. The molecule has 0 amide bonds. The zero-order chi connectivity index (χ0) is 15.8. The van der Waals surface area contributed by atoms with Gasteiger partial charge in [-0.05, 0) is 38.0 Å². The third-order valence-electron chi connectivity index (χ3n) is 3.85. The lowest BCUT2D eigenvalue weighted by molar-refractivity contribution is -0.150. The van der Waals surface area contributed by atoms with Gasteiger partial charge in [0.1, 0.15) is 10.7 Å². The van der Waals surface area contributed by atoms with E-state index in [4.69, 9.17) is 5.11 Å². The second kappa shape index (κ2) is 5.66. The molecule has 1 aliphatic heterocycles. The highest BCUT2D eigenvalue weighted by atomic mass is 79.9. The van der Waals surface area contributed by atoms with Gasteiger partial charge in [-0.2, -0.15) is 4.31 Å². The van der Waals surface area contributed by atoms with Crippen molar-refractivity contribution in [3.8, 4) is 0 Å². The first-order valence-corrected chi connectivity index (χ1v) is 8.59. The molecule has 0 spiro atoms. The van der Waals surface area contributed by atoms with Crippen molar-refractivity contribution in [3.05, 3.63) is 28.5 Å². The molecule has 0 unspecified atom stereocenters. The molecule has 21 heavy (non-hydrogen) atoms. The summed E-state index contributed by atoms with van der Waals surface area (Å²) in [6, 6.07) is 3.76. The summed E-state index contributed by atoms with van der Waals surface area (Å²) in [5, 5.41) is 9.15. The second-order valence-corrected chi connectivity index (χ2v) is 8.17. The molecule has 5 nitrogen and oxygen atoms in total. The molecule has 0 aromatic heterocycles. The number of carbonyl (C=O) groups is 1. The molecule has 0 saturated carbocycles. The predicted molar refractivity (Wildman–Crippen MR) is 77.8 cm³/mol. The summed E-state index contributed by atoms with van der Waals surface area (Å²) in [7, 11) is -3.94. The molecule has 1 aromatic rings. The first-order valence-electron chi connectivity index (χ1n) is 6.35. The van der Waals surface area contributed by atoms with E-state index >= 15 is 0 Å². The molecule has 1 fully saturated rings. The summed E-state index contributed by atoms with van der Waals surface area (Å²) in [6.07, 6.45) is 0.416. The Morgan fingerprint density at radius 2 is 1.95 bits per heavy atom. The zero-order valence-corrected chi connectivity index (χ0v) is 13.7. The smallest absolute Gasteiger partial charge is 0.309 e. The average Bonchev–Trinajstić information content (AvgIpc) is 2.38. The van der Waals surface area contributed by atoms with Gasteiger partial charge in [0.15, 0.2) is 0 Å². The summed E-state index contributed by atoms with van der Waals surface area (Å²) in [5.41, 5.74) is -0.926. The number of nitrogens with zero attached hydrogens (tertiary/aromatic N) is 1. The molecule has 116 valence electrons. The highest BCUT2D eigenvalue weighted by Crippen LogP contribution is 2.34. The van der Waals surface area contributed by atoms with Gasteiger partial charge >= 0.3 is 5.97 Å². The number of carboxylic acids is 1. The minimum atomic E-state index is -3.94. The van der Waals surface area contributed by atoms with Crippen molar-refractivity contribution in [2.75, 3.05) is 13.1 Å². The number of halogens is 2. The number of rotatable bonds is 3. The van der Waals surface area contributed by atoms with Gasteiger partial charge in [-0.1, -0.05) is 15.9 Å². The fraction of sp³-hybridized carbons (Fsp3) is 0.462. The number of benzene rings is 1. The van der Waals surface area contributed by atoms with Crippen molar-refractivity contribution >= 4 is 31.9 Å². The van der Waals surface area contributed by atoms with Crippen molar-refractivity contribution < 1.29 is 22.7 Å². The van der Waals surface area contributed by atoms with Crippen molar-refractivity contribution in [1.29, 1.82) is 0 Å². The molecule has 1 N–H and O–H groups in total. The Morgan fingerprint density at radius 3 is 2.43 bits per heavy atom. The van der Waals surface area contributed by atoms with Gasteiger partial charge in [0.05, 0.1) is 5.41 Å². The third-order valence-corrected chi connectivity index (χ3v) is 6.28. The molecule has 2 rings (SSSR count). The standard InChI is InChI=1S/C13H15BrFNO4S/c1-13(12(17)18)4-6-16(7-5-13)21(19,20)11-3-2-9(14)8-10(11)15/h2-3,8H,4-7H2,1H3,(H,17,18). The van der Waals surface area contributed by atoms with Crippen LogP contribution in [-0.4, -0.2) is 36.9 Å². The maximum absolute atomic E-state index is 13.9. The van der Waals surface area contributed by atoms with E-state index < -0.39 is 27.2 Å². The van der Waals surface area contributed by atoms with E-state index in [1.54, 1.807) is 6.92 Å². The summed E-state index contributed by atoms with van der Waals surface area (Å²) in [4.78, 5) is 10.8. The van der Waals surface area contributed by atoms with Crippen LogP contribution in [0.25, 0.3) is 0 Å². The number of carboxylic acid groups (broad SMARTS) is 1. The number of sulfonamides is 1. The Kier molecular flexibility index (Phi) is 4.41. The summed E-state index contributed by atoms with van der Waals surface area (Å²) >= 11 is 3.08. The Hall–Kier alpha value is -0.990. The van der Waals surface area contributed by atoms with Crippen LogP contribution >= 0.6 is 15.9 Å². The zero-order valence-electron chi connectivity index (χ0n) is 11.3. The highest BCUT2D eigenvalue weighted by Gasteiger charge is 2.40. The monoisotopic (exact) mass is 379 g/mol. The molecule has 0 radical (unpaired) electrons. The maximum Gasteiger partial charge on any atom is 0.309 e. The van der Waals surface area contributed by atoms with Gasteiger partial charge in [-0.3, -0.25) is 4.79 Å². The van der Waals surface area contributed by atoms with Crippen LogP contribution in [0.15, 0.2) is 27.6 Å². The lowest BCUT2D eigenvalue weighted by Gasteiger charge is -2.35. The Bertz CT molecular complexity index is 669. The van der Waals surface area contributed by atoms with Gasteiger partial charge < -0.3 is 5.11 Å². The Morgan fingerprint density at radius 1 is 1.38 bits per heavy atom. The lowest BCUT2D eigenvalue weighted by Crippen LogP contribution is -2.45. The number of piperidine rings is 1. The van der Waals surface area contributed by atoms with Gasteiger partial charge in [-0.25, -0.2) is 12.8 Å². The minimum Gasteiger partial charge on any atom is -0.481 e. The SMILES string of the molecule is CC1(C(=O)O)CCN(S(=O)(=O)c2ccc(Br)cc2F)CC1. The van der Waals surface area contributed by atoms with Gasteiger partial charge in [0.2, 0.25) is 10.0 Å². The van der Waals surface area contributed by atoms with Crippen molar-refractivity contribution in [2.24, 2.45) is 5.41 Å². The third kappa shape index (κ3) is 3.12. The normalized spacial score (nSPS) is 19.4. The molecular weight excluding hydrogens is 365 g/mol. The molecule has 1 aromatic carbocycles. The highest BCUT2D eigenvalue weighted by molar-refractivity contribution is 9.10. The topological polar surface area (TPSA) is 74.7 Å². The first-order chi connectivity index (χ1) is 9.67. The van der Waals surface area contributed by atoms with Crippen molar-refractivity contribution in [3.63, 3.8) is 0 Å². The van der Waals surface area contributed by atoms with Crippen molar-refractivity contribution in [1.82, 2.24) is 4.31 Å². The molecule has 1 heterocycles. The van der Waals surface area contributed by atoms with Crippen LogP contribution in [-0.2, 0) is 14.8 Å². The van der Waals surface area contributed by atoms with Crippen LogP contribution in [0.4, 0.5) is 4.39 Å². The van der Waals surface area contributed by atoms with Gasteiger partial charge in [-0.15, -0.1) is 0 Å². The fourth-order valence-corrected chi connectivity index (χ4v) is 4.08. The number of hydrogen-bond acceptors (Lipinski definition) is 3. The van der Waals surface area contributed by atoms with E-state index in [1.807, 2.05) is 0 Å². The van der Waals surface area contributed by atoms with Crippen LogP contribution in [0.3, 0.4) is 0 Å². The maximum atomic E-state index is 13.9. The molecule has 0 atom stereocenters. The quantitative estimate of drug-likeness (QED) is 0.874. The van der Waals surface area contributed by atoms with Crippen LogP contribution < -0.4 is 0 Å². The number of aliphatic carboxylic acids is 1. The van der Waals surface area contributed by atoms with Gasteiger partial charge in [0.25, 0.3) is 0 Å². The molecule has 0 aliphatic carbocycles. The summed E-state index contributed by atoms with van der Waals surface area (Å²) < 4.78 is 40.3. The number of hydrogen-bond donors (Lipinski definition) is 1. The average molecular weight is 380 g/mol. The van der Waals surface area contributed by atoms with E-state index in [0.717, 1.165) is 10.4 Å². The van der Waals surface area contributed by atoms with E-state index in [-0.39, 0.29) is 30.8 Å². The van der Waals surface area contributed by atoms with Crippen LogP contribution in [0.1, 0.15) is 19.8 Å². The fourth-order valence-electron chi connectivity index (χ4n) is 2.26. The van der Waals surface area contributed by atoms with Gasteiger partial charge in [0, 0.05) is 17.6 Å². The van der Waals surface area contributed by atoms with Crippen LogP contribution in [0.5, 0.6) is 0 Å². The van der Waals surface area contributed by atoms with E-state index in [2.05, 4.69) is 15.9 Å². The summed E-state index contributed by atoms with van der Waals surface area (Å²) in [6.45, 7) is 1.74. The largest absolute Gasteiger partial charge is 0.481 e. The first kappa shape index (κ1) is 16.4. The Balaban J connectivity index is 2.25. The molecule has 1 saturated heterocycles. The second-order valence-electron chi connectivity index (χ2n) is 5.34. The predicted octanol–water partition coefficient (Wildman–Crippen LogP) is 2.46. The minimum absolute atomic E-state index is 0.0701. The molecule has 1 aliphatic rings. The Labute approximate surface area is 130 Å². The lowest BCUT2D eigenvalue weighted by atomic mass is 9.81. The van der Waals surface area contributed by atoms with E-state index in [9.17, 15) is 17.6 Å². The molecule has 0 bridgehead atoms. The molecule has 8 heteroatoms. The van der Waals surface area contributed by atoms with E-state index in [0.29, 0.717) is 4.47 Å². The molecular formula is C13H15BrFNO4S.